The van der Waals surface area contributed by atoms with Crippen LogP contribution in [0.25, 0.3) is 10.9 Å². The second-order valence-corrected chi connectivity index (χ2v) is 16.1. The molecule has 2 aliphatic carbocycles. The van der Waals surface area contributed by atoms with Gasteiger partial charge in [0.2, 0.25) is 15.9 Å². The molecule has 0 radical (unpaired) electrons. The minimum atomic E-state index is -3.81. The number of hydrogen-bond acceptors (Lipinski definition) is 8. The zero-order valence-electron chi connectivity index (χ0n) is 29.1. The van der Waals surface area contributed by atoms with Gasteiger partial charge in [0.1, 0.15) is 35.4 Å². The number of nitrogens with one attached hydrogen (secondary N) is 2. The fourth-order valence-corrected chi connectivity index (χ4v) is 8.37. The van der Waals surface area contributed by atoms with E-state index in [0.29, 0.717) is 33.2 Å². The summed E-state index contributed by atoms with van der Waals surface area (Å²) in [6, 6.07) is 8.19. The van der Waals surface area contributed by atoms with Crippen LogP contribution in [0.5, 0.6) is 0 Å². The van der Waals surface area contributed by atoms with E-state index < -0.39 is 75.7 Å². The standard InChI is InChI=1S/C35H30ClF6N9O3S/c1-15-4-5-17-13-50(24-7-6-22(36)27-29(24)49(2)47-33(27)48-55(3,53)54)34(45-32(17)43-15)23(10-16-8-18(37)11-19(38)9-16)44-25(52)14-51-30-26(28(46-51)31(39)40)20-12-21(20)35(30,41)42/h4-9,11,20-21,23,31H,10,12-14H2,1-3H3,(H,44,52)(H,47,48)/t20-,21+,23?/m0/s1. The molecule has 5 aromatic rings. The molecule has 288 valence electrons. The van der Waals surface area contributed by atoms with Gasteiger partial charge < -0.3 is 10.2 Å². The molecule has 20 heteroatoms. The van der Waals surface area contributed by atoms with E-state index in [0.717, 1.165) is 18.4 Å². The molecule has 2 N–H and O–H groups in total. The van der Waals surface area contributed by atoms with E-state index >= 15 is 8.78 Å². The molecule has 4 heterocycles. The molecule has 1 unspecified atom stereocenters. The number of nitrogens with zero attached hydrogens (tertiary/aromatic N) is 7. The number of aliphatic imine (C=N–C) groups is 1. The van der Waals surface area contributed by atoms with Crippen LogP contribution in [0.15, 0.2) is 47.5 Å². The van der Waals surface area contributed by atoms with Crippen LogP contribution >= 0.6 is 11.6 Å². The first-order valence-electron chi connectivity index (χ1n) is 16.9. The van der Waals surface area contributed by atoms with Crippen molar-refractivity contribution in [2.45, 2.75) is 57.2 Å². The molecule has 0 spiro atoms. The Bertz CT molecular complexity index is 2560. The Kier molecular flexibility index (Phi) is 8.67. The summed E-state index contributed by atoms with van der Waals surface area (Å²) in [5.74, 6) is -7.88. The van der Waals surface area contributed by atoms with E-state index in [-0.39, 0.29) is 58.4 Å². The lowest BCUT2D eigenvalue weighted by Gasteiger charge is -2.35. The van der Waals surface area contributed by atoms with Crippen molar-refractivity contribution in [1.82, 2.24) is 29.9 Å². The van der Waals surface area contributed by atoms with Gasteiger partial charge in [0.25, 0.3) is 12.3 Å². The zero-order chi connectivity index (χ0) is 39.3. The van der Waals surface area contributed by atoms with Gasteiger partial charge >= 0.3 is 0 Å². The number of hydrogen-bond donors (Lipinski definition) is 2. The van der Waals surface area contributed by atoms with Crippen LogP contribution < -0.4 is 14.9 Å². The zero-order valence-corrected chi connectivity index (χ0v) is 30.7. The number of halogens is 7. The monoisotopic (exact) mass is 805 g/mol. The van der Waals surface area contributed by atoms with Gasteiger partial charge in [-0.1, -0.05) is 17.7 Å². The van der Waals surface area contributed by atoms with Crippen molar-refractivity contribution in [3.8, 4) is 0 Å². The average molecular weight is 806 g/mol. The summed E-state index contributed by atoms with van der Waals surface area (Å²) in [6.45, 7) is 0.912. The molecular formula is C35H30ClF6N9O3S. The normalized spacial score (nSPS) is 18.9. The first-order valence-corrected chi connectivity index (χ1v) is 19.1. The smallest absolute Gasteiger partial charge is 0.293 e. The summed E-state index contributed by atoms with van der Waals surface area (Å²) >= 11 is 6.61. The Balaban J connectivity index is 1.25. The minimum absolute atomic E-state index is 0.0367. The van der Waals surface area contributed by atoms with E-state index in [1.54, 1.807) is 37.1 Å². The molecule has 0 saturated heterocycles. The molecule has 1 fully saturated rings. The SMILES string of the molecule is Cc1ccc2c(n1)N=C(C(Cc1cc(F)cc(F)c1)NC(=O)Cn1nc(C(F)F)c3c1C(F)(F)[C@@H]1C[C@H]31)N(c1ccc(Cl)c3c(NS(C)(=O)=O)nn(C)c13)C2. The summed E-state index contributed by atoms with van der Waals surface area (Å²) in [5.41, 5.74) is 0.254. The number of benzene rings is 2. The molecule has 3 atom stereocenters. The third-order valence-corrected chi connectivity index (χ3v) is 10.8. The molecule has 1 amide bonds. The maximum Gasteiger partial charge on any atom is 0.293 e. The topological polar surface area (TPSA) is 139 Å². The highest BCUT2D eigenvalue weighted by Gasteiger charge is 2.67. The third kappa shape index (κ3) is 6.55. The molecule has 1 saturated carbocycles. The number of rotatable bonds is 10. The quantitative estimate of drug-likeness (QED) is 0.156. The van der Waals surface area contributed by atoms with Gasteiger partial charge in [0.05, 0.1) is 40.5 Å². The van der Waals surface area contributed by atoms with E-state index in [9.17, 15) is 30.8 Å². The number of aromatic nitrogens is 5. The van der Waals surface area contributed by atoms with Gasteiger partial charge in [-0.3, -0.25) is 18.9 Å². The van der Waals surface area contributed by atoms with Crippen LogP contribution in [0.3, 0.4) is 0 Å². The van der Waals surface area contributed by atoms with Gasteiger partial charge in [0.15, 0.2) is 11.6 Å². The number of anilines is 2. The fourth-order valence-electron chi connectivity index (χ4n) is 7.63. The van der Waals surface area contributed by atoms with Gasteiger partial charge in [-0.2, -0.15) is 19.0 Å². The number of alkyl halides is 4. The average Bonchev–Trinajstić information content (AvgIpc) is 3.62. The lowest BCUT2D eigenvalue weighted by Crippen LogP contribution is -2.51. The maximum atomic E-state index is 15.4. The van der Waals surface area contributed by atoms with Crippen LogP contribution in [0.1, 0.15) is 52.5 Å². The number of sulfonamides is 1. The van der Waals surface area contributed by atoms with Crippen molar-refractivity contribution in [3.05, 3.63) is 92.9 Å². The maximum absolute atomic E-state index is 15.4. The summed E-state index contributed by atoms with van der Waals surface area (Å²) in [7, 11) is -2.25. The van der Waals surface area contributed by atoms with Crippen molar-refractivity contribution in [3.63, 3.8) is 0 Å². The van der Waals surface area contributed by atoms with Crippen molar-refractivity contribution >= 4 is 61.6 Å². The number of pyridine rings is 1. The molecule has 8 rings (SSSR count). The largest absolute Gasteiger partial charge is 0.344 e. The highest BCUT2D eigenvalue weighted by Crippen LogP contribution is 2.68. The van der Waals surface area contributed by atoms with Crippen molar-refractivity contribution < 1.29 is 39.6 Å². The Morgan fingerprint density at radius 1 is 1.09 bits per heavy atom. The summed E-state index contributed by atoms with van der Waals surface area (Å²) in [6.07, 6.45) is -2.46. The fraction of sp³-hybridized carbons (Fsp3) is 0.343. The van der Waals surface area contributed by atoms with Gasteiger partial charge in [-0.25, -0.2) is 36.0 Å². The molecule has 0 bridgehead atoms. The molecule has 1 aliphatic heterocycles. The number of amides is 1. The number of carbonyl (C=O) groups is 1. The second kappa shape index (κ2) is 13.0. The van der Waals surface area contributed by atoms with Gasteiger partial charge in [0, 0.05) is 42.3 Å². The predicted octanol–water partition coefficient (Wildman–Crippen LogP) is 6.40. The highest BCUT2D eigenvalue weighted by atomic mass is 35.5. The van der Waals surface area contributed by atoms with Gasteiger partial charge in [-0.15, -0.1) is 0 Å². The first-order chi connectivity index (χ1) is 25.9. The van der Waals surface area contributed by atoms with E-state index in [4.69, 9.17) is 16.6 Å². The lowest BCUT2D eigenvalue weighted by molar-refractivity contribution is -0.122. The molecule has 3 aliphatic rings. The third-order valence-electron chi connectivity index (χ3n) is 9.88. The van der Waals surface area contributed by atoms with Gasteiger partial charge in [-0.05, 0) is 55.2 Å². The Morgan fingerprint density at radius 3 is 2.51 bits per heavy atom. The highest BCUT2D eigenvalue weighted by molar-refractivity contribution is 7.92. The minimum Gasteiger partial charge on any atom is -0.344 e. The predicted molar refractivity (Wildman–Crippen MR) is 190 cm³/mol. The second-order valence-electron chi connectivity index (χ2n) is 13.9. The van der Waals surface area contributed by atoms with Crippen LogP contribution in [0.4, 0.5) is 43.7 Å². The van der Waals surface area contributed by atoms with E-state index in [1.165, 1.54) is 10.7 Å². The number of fused-ring (bicyclic) bond motifs is 5. The molecule has 3 aromatic heterocycles. The van der Waals surface area contributed by atoms with Crippen molar-refractivity contribution in [2.75, 3.05) is 15.9 Å². The lowest BCUT2D eigenvalue weighted by atomic mass is 10.0. The van der Waals surface area contributed by atoms with Crippen LogP contribution in [0, 0.1) is 24.5 Å². The Labute approximate surface area is 314 Å². The van der Waals surface area contributed by atoms with Crippen molar-refractivity contribution in [2.24, 2.45) is 18.0 Å². The van der Waals surface area contributed by atoms with Crippen LogP contribution in [-0.2, 0) is 47.3 Å². The van der Waals surface area contributed by atoms with E-state index in [2.05, 4.69) is 25.2 Å². The number of carbonyl (C=O) groups excluding carboxylic acids is 1. The molecule has 12 nitrogen and oxygen atoms in total. The first kappa shape index (κ1) is 36.8. The summed E-state index contributed by atoms with van der Waals surface area (Å²) in [4.78, 5) is 25.0. The van der Waals surface area contributed by atoms with Crippen molar-refractivity contribution in [1.29, 1.82) is 0 Å². The molecule has 55 heavy (non-hydrogen) atoms. The molecular weight excluding hydrogens is 776 g/mol. The number of amidine groups is 1. The Morgan fingerprint density at radius 2 is 1.82 bits per heavy atom. The molecule has 2 aromatic carbocycles. The summed E-state index contributed by atoms with van der Waals surface area (Å²) in [5, 5.41) is 11.2. The van der Waals surface area contributed by atoms with Crippen LogP contribution in [-0.4, -0.2) is 57.0 Å². The van der Waals surface area contributed by atoms with Crippen LogP contribution in [0.2, 0.25) is 5.02 Å². The van der Waals surface area contributed by atoms with E-state index in [1.807, 2.05) is 0 Å². The Hall–Kier alpha value is -5.17. The number of aryl methyl sites for hydroxylation is 2. The summed E-state index contributed by atoms with van der Waals surface area (Å²) < 4.78 is 117.